The first-order valence-corrected chi connectivity index (χ1v) is 7.78. The molecule has 0 radical (unpaired) electrons. The van der Waals surface area contributed by atoms with E-state index >= 15 is 0 Å². The van der Waals surface area contributed by atoms with Gasteiger partial charge in [-0.15, -0.1) is 0 Å². The van der Waals surface area contributed by atoms with E-state index in [0.29, 0.717) is 17.7 Å². The number of likely N-dealkylation sites (tertiary alicyclic amines) is 1. The third-order valence-electron chi connectivity index (χ3n) is 4.93. The third-order valence-corrected chi connectivity index (χ3v) is 4.93. The lowest BCUT2D eigenvalue weighted by atomic mass is 9.92. The van der Waals surface area contributed by atoms with E-state index < -0.39 is 0 Å². The van der Waals surface area contributed by atoms with Crippen LogP contribution in [0.1, 0.15) is 31.9 Å². The van der Waals surface area contributed by atoms with Crippen LogP contribution in [0.3, 0.4) is 0 Å². The molecule has 0 amide bonds. The highest BCUT2D eigenvalue weighted by atomic mass is 16.3. The molecule has 3 heteroatoms. The fourth-order valence-corrected chi connectivity index (χ4v) is 3.35. The van der Waals surface area contributed by atoms with Crippen molar-refractivity contribution in [2.45, 2.75) is 32.4 Å². The molecule has 2 aromatic rings. The van der Waals surface area contributed by atoms with Crippen LogP contribution in [0.4, 0.5) is 0 Å². The topological polar surface area (TPSA) is 49.5 Å². The molecule has 112 valence electrons. The molecule has 0 saturated carbocycles. The van der Waals surface area contributed by atoms with Crippen molar-refractivity contribution < 1.29 is 5.11 Å². The van der Waals surface area contributed by atoms with E-state index in [1.54, 1.807) is 0 Å². The number of hydrogen-bond acceptors (Lipinski definition) is 3. The molecule has 3 unspecified atom stereocenters. The zero-order chi connectivity index (χ0) is 15.0. The fraction of sp³-hybridized carbons (Fsp3) is 0.444. The van der Waals surface area contributed by atoms with Crippen molar-refractivity contribution in [3.8, 4) is 5.75 Å². The van der Waals surface area contributed by atoms with Crippen LogP contribution < -0.4 is 5.73 Å². The van der Waals surface area contributed by atoms with Crippen LogP contribution in [-0.4, -0.2) is 29.1 Å². The van der Waals surface area contributed by atoms with Crippen LogP contribution >= 0.6 is 0 Å². The van der Waals surface area contributed by atoms with Gasteiger partial charge in [0.05, 0.1) is 0 Å². The molecule has 1 saturated heterocycles. The average Bonchev–Trinajstić information content (AvgIpc) is 2.50. The molecular weight excluding hydrogens is 260 g/mol. The minimum Gasteiger partial charge on any atom is -0.507 e. The quantitative estimate of drug-likeness (QED) is 0.890. The van der Waals surface area contributed by atoms with Gasteiger partial charge in [-0.3, -0.25) is 4.90 Å². The van der Waals surface area contributed by atoms with Gasteiger partial charge in [0, 0.05) is 36.1 Å². The summed E-state index contributed by atoms with van der Waals surface area (Å²) in [6.07, 6.45) is 1.03. The SMILES string of the molecule is CC1CN(C(C)c2ccc3ccccc3c2O)CCC1N. The molecule has 0 bridgehead atoms. The summed E-state index contributed by atoms with van der Waals surface area (Å²) in [6.45, 7) is 6.38. The van der Waals surface area contributed by atoms with E-state index in [1.807, 2.05) is 24.3 Å². The normalized spacial score (nSPS) is 25.1. The molecule has 0 aliphatic carbocycles. The Balaban J connectivity index is 1.91. The van der Waals surface area contributed by atoms with Crippen LogP contribution in [0.25, 0.3) is 10.8 Å². The van der Waals surface area contributed by atoms with E-state index in [4.69, 9.17) is 5.73 Å². The average molecular weight is 284 g/mol. The van der Waals surface area contributed by atoms with Gasteiger partial charge in [0.25, 0.3) is 0 Å². The number of nitrogens with two attached hydrogens (primary N) is 1. The predicted molar refractivity (Wildman–Crippen MR) is 87.4 cm³/mol. The number of nitrogens with zero attached hydrogens (tertiary/aromatic N) is 1. The first-order chi connectivity index (χ1) is 10.1. The number of piperidine rings is 1. The number of rotatable bonds is 2. The summed E-state index contributed by atoms with van der Waals surface area (Å²) in [5, 5.41) is 12.6. The van der Waals surface area contributed by atoms with Gasteiger partial charge < -0.3 is 10.8 Å². The summed E-state index contributed by atoms with van der Waals surface area (Å²) >= 11 is 0. The molecule has 3 atom stereocenters. The molecule has 0 aromatic heterocycles. The van der Waals surface area contributed by atoms with Crippen LogP contribution in [0.15, 0.2) is 36.4 Å². The smallest absolute Gasteiger partial charge is 0.128 e. The van der Waals surface area contributed by atoms with Crippen molar-refractivity contribution in [2.24, 2.45) is 11.7 Å². The third kappa shape index (κ3) is 2.63. The number of phenols is 1. The number of aromatic hydroxyl groups is 1. The molecule has 1 fully saturated rings. The van der Waals surface area contributed by atoms with Crippen molar-refractivity contribution in [1.29, 1.82) is 0 Å². The Morgan fingerprint density at radius 1 is 1.24 bits per heavy atom. The van der Waals surface area contributed by atoms with Gasteiger partial charge >= 0.3 is 0 Å². The van der Waals surface area contributed by atoms with Crippen molar-refractivity contribution in [3.05, 3.63) is 42.0 Å². The summed E-state index contributed by atoms with van der Waals surface area (Å²) < 4.78 is 0. The summed E-state index contributed by atoms with van der Waals surface area (Å²) in [7, 11) is 0. The maximum Gasteiger partial charge on any atom is 0.128 e. The van der Waals surface area contributed by atoms with Gasteiger partial charge in [-0.25, -0.2) is 0 Å². The summed E-state index contributed by atoms with van der Waals surface area (Å²) in [5.74, 6) is 0.923. The Morgan fingerprint density at radius 2 is 2.00 bits per heavy atom. The zero-order valence-electron chi connectivity index (χ0n) is 12.8. The molecule has 1 heterocycles. The highest BCUT2D eigenvalue weighted by Gasteiger charge is 2.28. The van der Waals surface area contributed by atoms with Gasteiger partial charge in [0.1, 0.15) is 5.75 Å². The summed E-state index contributed by atoms with van der Waals surface area (Å²) in [5.41, 5.74) is 7.12. The Kier molecular flexibility index (Phi) is 3.87. The van der Waals surface area contributed by atoms with Crippen LogP contribution in [0.2, 0.25) is 0 Å². The summed E-state index contributed by atoms with van der Waals surface area (Å²) in [6, 6.07) is 12.7. The largest absolute Gasteiger partial charge is 0.507 e. The van der Waals surface area contributed by atoms with E-state index in [-0.39, 0.29) is 6.04 Å². The van der Waals surface area contributed by atoms with Gasteiger partial charge in [-0.2, -0.15) is 0 Å². The molecule has 3 nitrogen and oxygen atoms in total. The minimum absolute atomic E-state index is 0.213. The first kappa shape index (κ1) is 14.4. The number of fused-ring (bicyclic) bond motifs is 1. The van der Waals surface area contributed by atoms with Crippen LogP contribution in [0.5, 0.6) is 5.75 Å². The fourth-order valence-electron chi connectivity index (χ4n) is 3.35. The van der Waals surface area contributed by atoms with E-state index in [1.165, 1.54) is 0 Å². The van der Waals surface area contributed by atoms with Gasteiger partial charge in [-0.05, 0) is 24.6 Å². The highest BCUT2D eigenvalue weighted by Crippen LogP contribution is 2.36. The molecular formula is C18H24N2O. The second kappa shape index (κ2) is 5.66. The highest BCUT2D eigenvalue weighted by molar-refractivity contribution is 5.89. The lowest BCUT2D eigenvalue weighted by Crippen LogP contribution is -2.46. The standard InChI is InChI=1S/C18H24N2O/c1-12-11-20(10-9-17(12)19)13(2)15-8-7-14-5-3-4-6-16(14)18(15)21/h3-8,12-13,17,21H,9-11,19H2,1-2H3. The van der Waals surface area contributed by atoms with Crippen molar-refractivity contribution in [3.63, 3.8) is 0 Å². The van der Waals surface area contributed by atoms with E-state index in [0.717, 1.165) is 35.8 Å². The van der Waals surface area contributed by atoms with Gasteiger partial charge in [0.2, 0.25) is 0 Å². The Morgan fingerprint density at radius 3 is 2.76 bits per heavy atom. The van der Waals surface area contributed by atoms with E-state index in [2.05, 4.69) is 30.9 Å². The maximum atomic E-state index is 10.6. The van der Waals surface area contributed by atoms with Crippen molar-refractivity contribution >= 4 is 10.8 Å². The minimum atomic E-state index is 0.213. The number of hydrogen-bond donors (Lipinski definition) is 2. The Hall–Kier alpha value is -1.58. The Bertz CT molecular complexity index is 640. The molecule has 1 aliphatic heterocycles. The Labute approximate surface area is 126 Å². The van der Waals surface area contributed by atoms with Crippen molar-refractivity contribution in [2.75, 3.05) is 13.1 Å². The lowest BCUT2D eigenvalue weighted by Gasteiger charge is -2.39. The zero-order valence-corrected chi connectivity index (χ0v) is 12.8. The summed E-state index contributed by atoms with van der Waals surface area (Å²) in [4.78, 5) is 2.43. The predicted octanol–water partition coefficient (Wildman–Crippen LogP) is 3.28. The second-order valence-corrected chi connectivity index (χ2v) is 6.33. The van der Waals surface area contributed by atoms with Gasteiger partial charge in [-0.1, -0.05) is 43.3 Å². The second-order valence-electron chi connectivity index (χ2n) is 6.33. The first-order valence-electron chi connectivity index (χ1n) is 7.78. The molecule has 21 heavy (non-hydrogen) atoms. The van der Waals surface area contributed by atoms with Crippen molar-refractivity contribution in [1.82, 2.24) is 4.90 Å². The number of benzene rings is 2. The number of phenolic OH excluding ortho intramolecular Hbond substituents is 1. The van der Waals surface area contributed by atoms with Crippen LogP contribution in [0, 0.1) is 5.92 Å². The maximum absolute atomic E-state index is 10.6. The monoisotopic (exact) mass is 284 g/mol. The molecule has 2 aromatic carbocycles. The van der Waals surface area contributed by atoms with E-state index in [9.17, 15) is 5.11 Å². The molecule has 3 rings (SSSR count). The lowest BCUT2D eigenvalue weighted by molar-refractivity contribution is 0.123. The van der Waals surface area contributed by atoms with Gasteiger partial charge in [0.15, 0.2) is 0 Å². The molecule has 1 aliphatic rings. The molecule has 0 spiro atoms. The molecule has 3 N–H and O–H groups in total. The van der Waals surface area contributed by atoms with Crippen LogP contribution in [-0.2, 0) is 0 Å².